The second-order valence-corrected chi connectivity index (χ2v) is 5.56. The molecule has 5 nitrogen and oxygen atoms in total. The molecule has 1 saturated carbocycles. The van der Waals surface area contributed by atoms with Crippen LogP contribution in [0.1, 0.15) is 31.2 Å². The van der Waals surface area contributed by atoms with Crippen molar-refractivity contribution in [3.8, 4) is 29.0 Å². The number of hydrogen-bond acceptors (Lipinski definition) is 5. The summed E-state index contributed by atoms with van der Waals surface area (Å²) in [5.74, 6) is 0.236. The quantitative estimate of drug-likeness (QED) is 0.939. The number of aromatic hydroxyl groups is 1. The summed E-state index contributed by atoms with van der Waals surface area (Å²) in [7, 11) is 0. The van der Waals surface area contributed by atoms with E-state index in [1.807, 2.05) is 6.07 Å². The lowest BCUT2D eigenvalue weighted by Gasteiger charge is -2.25. The van der Waals surface area contributed by atoms with Crippen molar-refractivity contribution in [1.29, 1.82) is 5.26 Å². The molecule has 1 aliphatic carbocycles. The zero-order valence-corrected chi connectivity index (χ0v) is 12.4. The fourth-order valence-corrected chi connectivity index (χ4v) is 2.68. The fraction of sp³-hybridized carbons (Fsp3) is 0.353. The topological polar surface area (TPSA) is 79.0 Å². The van der Waals surface area contributed by atoms with Crippen molar-refractivity contribution in [2.24, 2.45) is 0 Å². The van der Waals surface area contributed by atoms with Crippen molar-refractivity contribution >= 4 is 0 Å². The Morgan fingerprint density at radius 2 is 2.00 bits per heavy atom. The Hall–Kier alpha value is -2.68. The maximum Gasteiger partial charge on any atom is 0.233 e. The van der Waals surface area contributed by atoms with Crippen LogP contribution in [0.3, 0.4) is 0 Å². The van der Waals surface area contributed by atoms with Gasteiger partial charge < -0.3 is 9.84 Å². The first-order chi connectivity index (χ1) is 11.2. The Balaban J connectivity index is 1.76. The van der Waals surface area contributed by atoms with Crippen LogP contribution in [-0.4, -0.2) is 27.6 Å². The minimum absolute atomic E-state index is 0.0388. The van der Waals surface area contributed by atoms with Crippen molar-refractivity contribution in [2.45, 2.75) is 38.0 Å². The maximum absolute atomic E-state index is 13.8. The number of nitrogens with zero attached hydrogens (tertiary/aromatic N) is 3. The Morgan fingerprint density at radius 3 is 2.65 bits per heavy atom. The zero-order valence-electron chi connectivity index (χ0n) is 12.4. The second-order valence-electron chi connectivity index (χ2n) is 5.56. The van der Waals surface area contributed by atoms with Crippen LogP contribution in [0.15, 0.2) is 30.3 Å². The van der Waals surface area contributed by atoms with Crippen molar-refractivity contribution < 1.29 is 14.2 Å². The van der Waals surface area contributed by atoms with Gasteiger partial charge in [-0.15, -0.1) is 10.2 Å². The lowest BCUT2D eigenvalue weighted by Crippen LogP contribution is -2.32. The van der Waals surface area contributed by atoms with Crippen LogP contribution in [-0.2, 0) is 0 Å². The Labute approximate surface area is 133 Å². The van der Waals surface area contributed by atoms with E-state index in [1.165, 1.54) is 6.07 Å². The first-order valence-electron chi connectivity index (χ1n) is 7.55. The molecule has 3 rings (SSSR count). The first kappa shape index (κ1) is 15.2. The molecule has 1 N–H and O–H groups in total. The van der Waals surface area contributed by atoms with Crippen molar-refractivity contribution in [1.82, 2.24) is 10.2 Å². The number of alkyl halides is 1. The number of benzene rings is 1. The summed E-state index contributed by atoms with van der Waals surface area (Å²) in [5.41, 5.74) is 1.30. The van der Waals surface area contributed by atoms with Gasteiger partial charge in [0.1, 0.15) is 18.0 Å². The predicted octanol–water partition coefficient (Wildman–Crippen LogP) is 3.38. The van der Waals surface area contributed by atoms with Gasteiger partial charge in [0.15, 0.2) is 0 Å². The summed E-state index contributed by atoms with van der Waals surface area (Å²) < 4.78 is 19.3. The molecule has 118 valence electrons. The minimum atomic E-state index is -0.965. The molecule has 1 aliphatic rings. The SMILES string of the molecule is N#Cc1ccc(-c2ccc(O[C@@H]3CCCC[C@@H]3F)nn2)c(O)c1. The van der Waals surface area contributed by atoms with E-state index in [4.69, 9.17) is 10.00 Å². The van der Waals surface area contributed by atoms with Gasteiger partial charge in [-0.25, -0.2) is 4.39 Å². The van der Waals surface area contributed by atoms with Crippen LogP contribution in [0.25, 0.3) is 11.3 Å². The molecule has 0 aliphatic heterocycles. The number of hydrogen-bond donors (Lipinski definition) is 1. The molecule has 1 fully saturated rings. The molecule has 0 spiro atoms. The average molecular weight is 313 g/mol. The molecule has 1 heterocycles. The van der Waals surface area contributed by atoms with Gasteiger partial charge in [-0.1, -0.05) is 6.42 Å². The van der Waals surface area contributed by atoms with Gasteiger partial charge in [0.25, 0.3) is 0 Å². The monoisotopic (exact) mass is 313 g/mol. The van der Waals surface area contributed by atoms with E-state index in [9.17, 15) is 9.50 Å². The summed E-state index contributed by atoms with van der Waals surface area (Å²) in [4.78, 5) is 0. The van der Waals surface area contributed by atoms with Gasteiger partial charge >= 0.3 is 0 Å². The molecule has 2 atom stereocenters. The lowest BCUT2D eigenvalue weighted by molar-refractivity contribution is 0.0594. The third kappa shape index (κ3) is 3.39. The van der Waals surface area contributed by atoms with E-state index < -0.39 is 12.3 Å². The molecule has 0 saturated heterocycles. The maximum atomic E-state index is 13.8. The highest BCUT2D eigenvalue weighted by Crippen LogP contribution is 2.29. The Bertz CT molecular complexity index is 728. The van der Waals surface area contributed by atoms with E-state index in [2.05, 4.69) is 10.2 Å². The van der Waals surface area contributed by atoms with Crippen LogP contribution in [0.2, 0.25) is 0 Å². The van der Waals surface area contributed by atoms with E-state index in [1.54, 1.807) is 24.3 Å². The molecule has 23 heavy (non-hydrogen) atoms. The number of nitriles is 1. The minimum Gasteiger partial charge on any atom is -0.507 e. The van der Waals surface area contributed by atoms with Gasteiger partial charge in [-0.3, -0.25) is 0 Å². The van der Waals surface area contributed by atoms with E-state index in [-0.39, 0.29) is 11.6 Å². The van der Waals surface area contributed by atoms with Crippen LogP contribution < -0.4 is 4.74 Å². The standard InChI is InChI=1S/C17H16FN3O2/c18-13-3-1-2-4-16(13)23-17-8-7-14(20-21-17)12-6-5-11(10-19)9-15(12)22/h5-9,13,16,22H,1-4H2/t13-,16+/m0/s1. The normalized spacial score (nSPS) is 20.7. The van der Waals surface area contributed by atoms with Crippen molar-refractivity contribution in [3.05, 3.63) is 35.9 Å². The molecule has 0 unspecified atom stereocenters. The molecule has 2 aromatic rings. The highest BCUT2D eigenvalue weighted by Gasteiger charge is 2.26. The molecule has 0 radical (unpaired) electrons. The van der Waals surface area contributed by atoms with Crippen LogP contribution in [0.4, 0.5) is 4.39 Å². The number of ether oxygens (including phenoxy) is 1. The third-order valence-corrected chi connectivity index (χ3v) is 3.94. The number of halogens is 1. The van der Waals surface area contributed by atoms with Gasteiger partial charge in [0.2, 0.25) is 5.88 Å². The van der Waals surface area contributed by atoms with Crippen LogP contribution in [0, 0.1) is 11.3 Å². The lowest BCUT2D eigenvalue weighted by atomic mass is 9.96. The molecular weight excluding hydrogens is 297 g/mol. The molecule has 0 amide bonds. The molecule has 1 aromatic carbocycles. The van der Waals surface area contributed by atoms with Crippen molar-refractivity contribution in [3.63, 3.8) is 0 Å². The smallest absolute Gasteiger partial charge is 0.233 e. The summed E-state index contributed by atoms with van der Waals surface area (Å²) in [5, 5.41) is 26.7. The summed E-state index contributed by atoms with van der Waals surface area (Å²) >= 11 is 0. The summed E-state index contributed by atoms with van der Waals surface area (Å²) in [6, 6.07) is 9.79. The summed E-state index contributed by atoms with van der Waals surface area (Å²) in [6.45, 7) is 0. The van der Waals surface area contributed by atoms with Gasteiger partial charge in [-0.2, -0.15) is 5.26 Å². The molecule has 1 aromatic heterocycles. The highest BCUT2D eigenvalue weighted by atomic mass is 19.1. The Kier molecular flexibility index (Phi) is 4.38. The van der Waals surface area contributed by atoms with Crippen LogP contribution in [0.5, 0.6) is 11.6 Å². The highest BCUT2D eigenvalue weighted by molar-refractivity contribution is 5.67. The number of phenolic OH excluding ortho intramolecular Hbond substituents is 1. The van der Waals surface area contributed by atoms with E-state index >= 15 is 0 Å². The van der Waals surface area contributed by atoms with Crippen molar-refractivity contribution in [2.75, 3.05) is 0 Å². The zero-order chi connectivity index (χ0) is 16.2. The number of phenols is 1. The average Bonchev–Trinajstić information content (AvgIpc) is 2.58. The van der Waals surface area contributed by atoms with Gasteiger partial charge in [0.05, 0.1) is 17.3 Å². The van der Waals surface area contributed by atoms with Gasteiger partial charge in [0, 0.05) is 11.6 Å². The molecular formula is C17H16FN3O2. The predicted molar refractivity (Wildman–Crippen MR) is 81.6 cm³/mol. The fourth-order valence-electron chi connectivity index (χ4n) is 2.68. The molecule has 0 bridgehead atoms. The third-order valence-electron chi connectivity index (χ3n) is 3.94. The number of aromatic nitrogens is 2. The van der Waals surface area contributed by atoms with Gasteiger partial charge in [-0.05, 0) is 43.5 Å². The molecule has 6 heteroatoms. The van der Waals surface area contributed by atoms with E-state index in [0.29, 0.717) is 29.7 Å². The number of rotatable bonds is 3. The second kappa shape index (κ2) is 6.61. The summed E-state index contributed by atoms with van der Waals surface area (Å²) in [6.07, 6.45) is 1.62. The van der Waals surface area contributed by atoms with E-state index in [0.717, 1.165) is 12.8 Å². The Morgan fingerprint density at radius 1 is 1.17 bits per heavy atom. The van der Waals surface area contributed by atoms with Crippen LogP contribution >= 0.6 is 0 Å². The first-order valence-corrected chi connectivity index (χ1v) is 7.55. The largest absolute Gasteiger partial charge is 0.507 e.